The van der Waals surface area contributed by atoms with Crippen LogP contribution in [-0.2, 0) is 12.8 Å². The molecular formula is C17H16ClFN2O2S. The summed E-state index contributed by atoms with van der Waals surface area (Å²) in [5.74, 6) is -1.96. The lowest BCUT2D eigenvalue weighted by Gasteiger charge is -2.11. The van der Waals surface area contributed by atoms with E-state index in [1.54, 1.807) is 6.92 Å². The number of hydrogen-bond acceptors (Lipinski definition) is 3. The van der Waals surface area contributed by atoms with Crippen LogP contribution in [0.25, 0.3) is 0 Å². The van der Waals surface area contributed by atoms with Crippen LogP contribution in [0.2, 0.25) is 5.02 Å². The van der Waals surface area contributed by atoms with Crippen LogP contribution >= 0.6 is 22.9 Å². The Labute approximate surface area is 147 Å². The van der Waals surface area contributed by atoms with Gasteiger partial charge >= 0.3 is 0 Å². The van der Waals surface area contributed by atoms with Gasteiger partial charge in [-0.1, -0.05) is 17.7 Å². The molecule has 1 heterocycles. The van der Waals surface area contributed by atoms with Gasteiger partial charge < -0.3 is 11.1 Å². The molecule has 1 aliphatic carbocycles. The number of carbonyl (C=O) groups is 2. The largest absolute Gasteiger partial charge is 0.365 e. The zero-order valence-electron chi connectivity index (χ0n) is 13.0. The number of carbonyl (C=O) groups excluding carboxylic acids is 2. The van der Waals surface area contributed by atoms with Gasteiger partial charge in [0.2, 0.25) is 0 Å². The zero-order chi connectivity index (χ0) is 17.4. The van der Waals surface area contributed by atoms with Crippen molar-refractivity contribution in [2.45, 2.75) is 32.6 Å². The van der Waals surface area contributed by atoms with E-state index in [0.717, 1.165) is 36.1 Å². The minimum absolute atomic E-state index is 0.0643. The van der Waals surface area contributed by atoms with Crippen LogP contribution in [0.5, 0.6) is 0 Å². The lowest BCUT2D eigenvalue weighted by Crippen LogP contribution is -2.19. The molecule has 0 atom stereocenters. The predicted octanol–water partition coefficient (Wildman–Crippen LogP) is 4.08. The van der Waals surface area contributed by atoms with Crippen LogP contribution in [0.4, 0.5) is 9.39 Å². The summed E-state index contributed by atoms with van der Waals surface area (Å²) < 4.78 is 14.0. The highest BCUT2D eigenvalue weighted by molar-refractivity contribution is 7.17. The van der Waals surface area contributed by atoms with Crippen LogP contribution in [0.3, 0.4) is 0 Å². The second kappa shape index (κ2) is 6.53. The van der Waals surface area contributed by atoms with Gasteiger partial charge in [0.25, 0.3) is 11.8 Å². The lowest BCUT2D eigenvalue weighted by atomic mass is 9.95. The fourth-order valence-corrected chi connectivity index (χ4v) is 4.47. The number of benzene rings is 1. The average molecular weight is 367 g/mol. The summed E-state index contributed by atoms with van der Waals surface area (Å²) in [7, 11) is 0. The second-order valence-corrected chi connectivity index (χ2v) is 7.27. The standard InChI is InChI=1S/C17H16ClFN2O2S/c1-8-6-7-10(19)13(14(8)18)16(23)21-17-12(15(20)22)9-4-2-3-5-11(9)24-17/h6-7H,2-5H2,1H3,(H2,20,22)(H,21,23). The molecule has 0 aliphatic heterocycles. The molecular weight excluding hydrogens is 351 g/mol. The molecule has 1 aromatic carbocycles. The Kier molecular flexibility index (Phi) is 4.60. The van der Waals surface area contributed by atoms with Crippen molar-refractivity contribution in [2.75, 3.05) is 5.32 Å². The monoisotopic (exact) mass is 366 g/mol. The molecule has 0 radical (unpaired) electrons. The summed E-state index contributed by atoms with van der Waals surface area (Å²) >= 11 is 7.40. The van der Waals surface area contributed by atoms with E-state index >= 15 is 0 Å². The number of halogens is 2. The fraction of sp³-hybridized carbons (Fsp3) is 0.294. The molecule has 4 nitrogen and oxygen atoms in total. The Morgan fingerprint density at radius 2 is 1.96 bits per heavy atom. The maximum absolute atomic E-state index is 14.0. The summed E-state index contributed by atoms with van der Waals surface area (Å²) in [6.45, 7) is 1.69. The molecule has 0 saturated heterocycles. The number of rotatable bonds is 3. The third-order valence-corrected chi connectivity index (χ3v) is 5.85. The summed E-state index contributed by atoms with van der Waals surface area (Å²) in [5.41, 5.74) is 7.12. The maximum Gasteiger partial charge on any atom is 0.260 e. The van der Waals surface area contributed by atoms with Gasteiger partial charge in [0, 0.05) is 4.88 Å². The van der Waals surface area contributed by atoms with Crippen molar-refractivity contribution in [3.8, 4) is 0 Å². The first-order valence-corrected chi connectivity index (χ1v) is 8.80. The lowest BCUT2D eigenvalue weighted by molar-refractivity contribution is 0.100. The molecule has 1 aliphatic rings. The normalized spacial score (nSPS) is 13.5. The topological polar surface area (TPSA) is 72.2 Å². The van der Waals surface area contributed by atoms with Gasteiger partial charge in [-0.15, -0.1) is 11.3 Å². The number of nitrogens with two attached hydrogens (primary N) is 1. The molecule has 0 spiro atoms. The number of thiophene rings is 1. The molecule has 2 aromatic rings. The molecule has 0 bridgehead atoms. The zero-order valence-corrected chi connectivity index (χ0v) is 14.6. The third-order valence-electron chi connectivity index (χ3n) is 4.16. The van der Waals surface area contributed by atoms with Crippen molar-refractivity contribution in [3.05, 3.63) is 50.1 Å². The molecule has 0 saturated carbocycles. The quantitative estimate of drug-likeness (QED) is 0.859. The maximum atomic E-state index is 14.0. The first-order valence-electron chi connectivity index (χ1n) is 7.60. The number of fused-ring (bicyclic) bond motifs is 1. The SMILES string of the molecule is Cc1ccc(F)c(C(=O)Nc2sc3c(c2C(N)=O)CCCC3)c1Cl. The van der Waals surface area contributed by atoms with E-state index in [9.17, 15) is 14.0 Å². The molecule has 7 heteroatoms. The van der Waals surface area contributed by atoms with Gasteiger partial charge in [0.05, 0.1) is 16.1 Å². The van der Waals surface area contributed by atoms with Gasteiger partial charge in [-0.25, -0.2) is 4.39 Å². The van der Waals surface area contributed by atoms with Gasteiger partial charge in [0.1, 0.15) is 10.8 Å². The molecule has 2 amide bonds. The van der Waals surface area contributed by atoms with Crippen molar-refractivity contribution >= 4 is 39.8 Å². The number of aryl methyl sites for hydroxylation is 2. The Morgan fingerprint density at radius 3 is 2.67 bits per heavy atom. The van der Waals surface area contributed by atoms with Crippen LogP contribution < -0.4 is 11.1 Å². The molecule has 126 valence electrons. The number of primary amides is 1. The number of anilines is 1. The Hall–Kier alpha value is -1.92. The van der Waals surface area contributed by atoms with Crippen LogP contribution in [-0.4, -0.2) is 11.8 Å². The minimum Gasteiger partial charge on any atom is -0.365 e. The Balaban J connectivity index is 2.00. The molecule has 3 rings (SSSR count). The summed E-state index contributed by atoms with van der Waals surface area (Å²) in [5, 5.41) is 3.06. The number of amides is 2. The molecule has 1 aromatic heterocycles. The van der Waals surface area contributed by atoms with Crippen LogP contribution in [0.15, 0.2) is 12.1 Å². The fourth-order valence-electron chi connectivity index (χ4n) is 2.95. The number of nitrogens with one attached hydrogen (secondary N) is 1. The van der Waals surface area contributed by atoms with Crippen LogP contribution in [0.1, 0.15) is 49.6 Å². The Morgan fingerprint density at radius 1 is 1.25 bits per heavy atom. The summed E-state index contributed by atoms with van der Waals surface area (Å²) in [4.78, 5) is 25.4. The molecule has 3 N–H and O–H groups in total. The smallest absolute Gasteiger partial charge is 0.260 e. The molecule has 24 heavy (non-hydrogen) atoms. The van der Waals surface area contributed by atoms with Gasteiger partial charge in [-0.2, -0.15) is 0 Å². The average Bonchev–Trinajstić information content (AvgIpc) is 2.89. The minimum atomic E-state index is -0.704. The van der Waals surface area contributed by atoms with Gasteiger partial charge in [-0.05, 0) is 49.8 Å². The highest BCUT2D eigenvalue weighted by Crippen LogP contribution is 2.38. The highest BCUT2D eigenvalue weighted by atomic mass is 35.5. The van der Waals surface area contributed by atoms with E-state index in [2.05, 4.69) is 5.32 Å². The van der Waals surface area contributed by atoms with Crippen molar-refractivity contribution in [1.29, 1.82) is 0 Å². The Bertz CT molecular complexity index is 848. The molecule has 0 fully saturated rings. The highest BCUT2D eigenvalue weighted by Gasteiger charge is 2.26. The third kappa shape index (κ3) is 2.91. The van der Waals surface area contributed by atoms with E-state index in [-0.39, 0.29) is 10.6 Å². The van der Waals surface area contributed by atoms with E-state index in [0.29, 0.717) is 16.1 Å². The van der Waals surface area contributed by atoms with Gasteiger partial charge in [-0.3, -0.25) is 9.59 Å². The summed E-state index contributed by atoms with van der Waals surface area (Å²) in [6, 6.07) is 2.71. The van der Waals surface area contributed by atoms with E-state index in [1.165, 1.54) is 23.5 Å². The molecule has 0 unspecified atom stereocenters. The second-order valence-electron chi connectivity index (χ2n) is 5.79. The first-order chi connectivity index (χ1) is 11.4. The van der Waals surface area contributed by atoms with E-state index < -0.39 is 17.6 Å². The van der Waals surface area contributed by atoms with Crippen molar-refractivity contribution in [1.82, 2.24) is 0 Å². The first kappa shape index (κ1) is 16.9. The van der Waals surface area contributed by atoms with E-state index in [1.807, 2.05) is 0 Å². The predicted molar refractivity (Wildman–Crippen MR) is 93.6 cm³/mol. The van der Waals surface area contributed by atoms with Crippen LogP contribution in [0, 0.1) is 12.7 Å². The van der Waals surface area contributed by atoms with Gasteiger partial charge in [0.15, 0.2) is 0 Å². The van der Waals surface area contributed by atoms with Crippen molar-refractivity contribution < 1.29 is 14.0 Å². The van der Waals surface area contributed by atoms with Crippen molar-refractivity contribution in [3.63, 3.8) is 0 Å². The van der Waals surface area contributed by atoms with Crippen molar-refractivity contribution in [2.24, 2.45) is 5.73 Å². The summed E-state index contributed by atoms with van der Waals surface area (Å²) in [6.07, 6.45) is 3.64. The number of hydrogen-bond donors (Lipinski definition) is 2. The van der Waals surface area contributed by atoms with E-state index in [4.69, 9.17) is 17.3 Å².